The van der Waals surface area contributed by atoms with Gasteiger partial charge in [0.1, 0.15) is 11.3 Å². The Balaban J connectivity index is 1.37. The lowest BCUT2D eigenvalue weighted by Crippen LogP contribution is -2.16. The second-order valence-electron chi connectivity index (χ2n) is 11.3. The summed E-state index contributed by atoms with van der Waals surface area (Å²) in [4.78, 5) is 17.4. The van der Waals surface area contributed by atoms with Crippen LogP contribution >= 0.6 is 0 Å². The van der Waals surface area contributed by atoms with Crippen LogP contribution in [0.1, 0.15) is 0 Å². The van der Waals surface area contributed by atoms with Crippen LogP contribution in [-0.2, 0) is 0 Å². The average Bonchev–Trinajstić information content (AvgIpc) is 3.47. The minimum atomic E-state index is 0.531. The first kappa shape index (κ1) is 26.1. The average molecular weight is 591 g/mol. The van der Waals surface area contributed by atoms with Gasteiger partial charge in [-0.3, -0.25) is 4.90 Å². The van der Waals surface area contributed by atoms with E-state index < -0.39 is 0 Å². The first-order valence-corrected chi connectivity index (χ1v) is 15.3. The van der Waals surface area contributed by atoms with Crippen molar-refractivity contribution in [3.05, 3.63) is 158 Å². The maximum Gasteiger partial charge on any atom is 0.238 e. The second kappa shape index (κ2) is 10.7. The van der Waals surface area contributed by atoms with E-state index in [9.17, 15) is 0 Å². The van der Waals surface area contributed by atoms with Gasteiger partial charge in [0, 0.05) is 33.2 Å². The molecule has 0 amide bonds. The van der Waals surface area contributed by atoms with Gasteiger partial charge >= 0.3 is 0 Å². The highest BCUT2D eigenvalue weighted by atomic mass is 16.3. The number of hydrogen-bond acceptors (Lipinski definition) is 5. The molecule has 0 spiro atoms. The van der Waals surface area contributed by atoms with Crippen LogP contribution in [0, 0.1) is 0 Å². The molecule has 2 aromatic heterocycles. The van der Waals surface area contributed by atoms with Gasteiger partial charge in [0.05, 0.1) is 11.4 Å². The molecule has 8 aromatic rings. The van der Waals surface area contributed by atoms with Crippen molar-refractivity contribution in [3.8, 4) is 56.4 Å². The van der Waals surface area contributed by atoms with Crippen LogP contribution in [0.2, 0.25) is 0 Å². The van der Waals surface area contributed by atoms with E-state index in [0.717, 1.165) is 67.0 Å². The molecule has 1 aliphatic rings. The van der Waals surface area contributed by atoms with Crippen molar-refractivity contribution in [2.75, 3.05) is 4.90 Å². The smallest absolute Gasteiger partial charge is 0.238 e. The third-order valence-corrected chi connectivity index (χ3v) is 8.49. The van der Waals surface area contributed by atoms with Gasteiger partial charge in [-0.15, -0.1) is 0 Å². The van der Waals surface area contributed by atoms with Crippen molar-refractivity contribution in [2.45, 2.75) is 0 Å². The molecule has 0 radical (unpaired) electrons. The van der Waals surface area contributed by atoms with E-state index >= 15 is 0 Å². The number of benzene rings is 6. The van der Waals surface area contributed by atoms with E-state index in [0.29, 0.717) is 17.6 Å². The van der Waals surface area contributed by atoms with Crippen molar-refractivity contribution in [1.29, 1.82) is 0 Å². The zero-order chi connectivity index (χ0) is 30.5. The Hall–Kier alpha value is -6.33. The first-order chi connectivity index (χ1) is 22.8. The summed E-state index contributed by atoms with van der Waals surface area (Å²) in [6, 6.07) is 53.8. The highest BCUT2D eigenvalue weighted by molar-refractivity contribution is 6.10. The molecule has 0 saturated heterocycles. The van der Waals surface area contributed by atoms with Crippen LogP contribution < -0.4 is 4.90 Å². The quantitative estimate of drug-likeness (QED) is 0.204. The van der Waals surface area contributed by atoms with E-state index in [1.54, 1.807) is 0 Å². The van der Waals surface area contributed by atoms with Gasteiger partial charge < -0.3 is 4.42 Å². The molecule has 0 fully saturated rings. The second-order valence-corrected chi connectivity index (χ2v) is 11.3. The van der Waals surface area contributed by atoms with Crippen LogP contribution in [0.4, 0.5) is 17.3 Å². The number of hydrogen-bond donors (Lipinski definition) is 0. The Morgan fingerprint density at radius 3 is 1.70 bits per heavy atom. The molecule has 6 aromatic carbocycles. The van der Waals surface area contributed by atoms with Crippen molar-refractivity contribution in [3.63, 3.8) is 0 Å². The minimum Gasteiger partial charge on any atom is -0.455 e. The molecule has 0 bridgehead atoms. The molecule has 1 aliphatic heterocycles. The van der Waals surface area contributed by atoms with E-state index in [-0.39, 0.29) is 0 Å². The third-order valence-electron chi connectivity index (χ3n) is 8.49. The summed E-state index contributed by atoms with van der Waals surface area (Å²) in [6.07, 6.45) is 0. The molecule has 3 heterocycles. The normalized spacial score (nSPS) is 11.9. The molecule has 5 nitrogen and oxygen atoms in total. The van der Waals surface area contributed by atoms with Gasteiger partial charge in [0.2, 0.25) is 5.95 Å². The summed E-state index contributed by atoms with van der Waals surface area (Å²) < 4.78 is 6.69. The number of rotatable bonds is 4. The van der Waals surface area contributed by atoms with Gasteiger partial charge in [-0.25, -0.2) is 4.98 Å². The molecule has 9 rings (SSSR count). The van der Waals surface area contributed by atoms with E-state index in [1.165, 1.54) is 0 Å². The zero-order valence-electron chi connectivity index (χ0n) is 24.7. The summed E-state index contributed by atoms with van der Waals surface area (Å²) in [5, 5.41) is 1.06. The summed E-state index contributed by atoms with van der Waals surface area (Å²) in [7, 11) is 0. The fraction of sp³-hybridized carbons (Fsp3) is 0. The lowest BCUT2D eigenvalue weighted by molar-refractivity contribution is 0.633. The lowest BCUT2D eigenvalue weighted by atomic mass is 9.95. The molecule has 0 saturated carbocycles. The topological polar surface area (TPSA) is 55.1 Å². The number of aromatic nitrogens is 3. The molecular weight excluding hydrogens is 564 g/mol. The van der Waals surface area contributed by atoms with E-state index in [1.807, 2.05) is 78.9 Å². The molecule has 0 atom stereocenters. The van der Waals surface area contributed by atoms with Crippen molar-refractivity contribution in [2.24, 2.45) is 0 Å². The van der Waals surface area contributed by atoms with Gasteiger partial charge in [-0.05, 0) is 41.5 Å². The summed E-state index contributed by atoms with van der Waals surface area (Å²) in [6.45, 7) is 0. The number of para-hydroxylation sites is 2. The lowest BCUT2D eigenvalue weighted by Gasteiger charge is -2.26. The Bertz CT molecular complexity index is 2310. The van der Waals surface area contributed by atoms with E-state index in [4.69, 9.17) is 19.4 Å². The fourth-order valence-electron chi connectivity index (χ4n) is 6.35. The molecule has 5 heteroatoms. The fourth-order valence-corrected chi connectivity index (χ4v) is 6.35. The molecule has 0 aliphatic carbocycles. The third kappa shape index (κ3) is 4.29. The summed E-state index contributed by atoms with van der Waals surface area (Å²) in [5.74, 6) is 2.57. The monoisotopic (exact) mass is 590 g/mol. The Labute approximate surface area is 266 Å². The van der Waals surface area contributed by atoms with Crippen molar-refractivity contribution in [1.82, 2.24) is 15.0 Å². The maximum atomic E-state index is 6.69. The standard InChI is InChI=1S/C41H26N4O/c1-4-14-27(15-5-1)30-24-25-35-33(26-30)37-32-21-11-13-23-36(32)46-38(37)31-20-10-12-22-34(31)45(35)41-43-39(28-16-6-2-7-17-28)42-40(44-41)29-18-8-3-9-19-29/h1-26H. The summed E-state index contributed by atoms with van der Waals surface area (Å²) in [5.41, 5.74) is 9.91. The van der Waals surface area contributed by atoms with E-state index in [2.05, 4.69) is 83.8 Å². The predicted octanol–water partition coefficient (Wildman–Crippen LogP) is 10.7. The first-order valence-electron chi connectivity index (χ1n) is 15.3. The minimum absolute atomic E-state index is 0.531. The Morgan fingerprint density at radius 1 is 0.435 bits per heavy atom. The molecule has 0 N–H and O–H groups in total. The molecule has 216 valence electrons. The van der Waals surface area contributed by atoms with Crippen molar-refractivity contribution >= 4 is 28.3 Å². The Morgan fingerprint density at radius 2 is 1.00 bits per heavy atom. The molecule has 0 unspecified atom stereocenters. The van der Waals surface area contributed by atoms with Crippen LogP contribution in [0.3, 0.4) is 0 Å². The van der Waals surface area contributed by atoms with Crippen LogP contribution in [0.15, 0.2) is 162 Å². The molecule has 46 heavy (non-hydrogen) atoms. The zero-order valence-corrected chi connectivity index (χ0v) is 24.7. The number of fused-ring (bicyclic) bond motifs is 7. The highest BCUT2D eigenvalue weighted by Crippen LogP contribution is 2.54. The Kier molecular flexibility index (Phi) is 6.06. The number of anilines is 3. The summed E-state index contributed by atoms with van der Waals surface area (Å²) >= 11 is 0. The van der Waals surface area contributed by atoms with Crippen molar-refractivity contribution < 1.29 is 4.42 Å². The van der Waals surface area contributed by atoms with Crippen LogP contribution in [0.25, 0.3) is 67.3 Å². The van der Waals surface area contributed by atoms with Gasteiger partial charge in [-0.1, -0.05) is 127 Å². The predicted molar refractivity (Wildman–Crippen MR) is 185 cm³/mol. The van der Waals surface area contributed by atoms with Crippen LogP contribution in [-0.4, -0.2) is 15.0 Å². The number of furan rings is 1. The highest BCUT2D eigenvalue weighted by Gasteiger charge is 2.32. The van der Waals surface area contributed by atoms with Gasteiger partial charge in [-0.2, -0.15) is 9.97 Å². The molecular formula is C41H26N4O. The van der Waals surface area contributed by atoms with Crippen LogP contribution in [0.5, 0.6) is 0 Å². The van der Waals surface area contributed by atoms with Gasteiger partial charge in [0.25, 0.3) is 0 Å². The largest absolute Gasteiger partial charge is 0.455 e. The number of nitrogens with zero attached hydrogens (tertiary/aromatic N) is 4. The maximum absolute atomic E-state index is 6.69. The SMILES string of the molecule is c1ccc(-c2ccc3c(c2)-c2c(oc4ccccc24)-c2ccccc2N3c2nc(-c3ccccc3)nc(-c3ccccc3)n2)cc1. The van der Waals surface area contributed by atoms with Gasteiger partial charge in [0.15, 0.2) is 11.6 Å².